The van der Waals surface area contributed by atoms with E-state index in [4.69, 9.17) is 9.29 Å². The SMILES string of the molecule is C[As](C)(=O)C[C@H]1O[C@@H](CC(O)COS(=O)(=O)O)[C@H](O)[C@@H]1O. The molecule has 0 aromatic carbocycles. The molecule has 1 saturated heterocycles. The van der Waals surface area contributed by atoms with E-state index < -0.39 is 61.0 Å². The molecule has 126 valence electrons. The van der Waals surface area contributed by atoms with E-state index in [0.29, 0.717) is 0 Å². The van der Waals surface area contributed by atoms with Gasteiger partial charge in [-0.1, -0.05) is 0 Å². The Kier molecular flexibility index (Phi) is 6.46. The Balaban J connectivity index is 2.54. The van der Waals surface area contributed by atoms with Gasteiger partial charge in [-0.2, -0.15) is 0 Å². The normalized spacial score (nSPS) is 32.3. The second-order valence-corrected chi connectivity index (χ2v) is 14.0. The van der Waals surface area contributed by atoms with Crippen LogP contribution in [0.5, 0.6) is 0 Å². The fourth-order valence-electron chi connectivity index (χ4n) is 2.11. The van der Waals surface area contributed by atoms with Crippen LogP contribution in [0.3, 0.4) is 0 Å². The fraction of sp³-hybridized carbons (Fsp3) is 1.00. The van der Waals surface area contributed by atoms with E-state index in [9.17, 15) is 27.5 Å². The van der Waals surface area contributed by atoms with Gasteiger partial charge in [0.15, 0.2) is 0 Å². The summed E-state index contributed by atoms with van der Waals surface area (Å²) >= 11 is -3.08. The topological polar surface area (TPSA) is 151 Å². The summed E-state index contributed by atoms with van der Waals surface area (Å²) in [5.74, 6) is 0. The number of ether oxygens (including phenoxy) is 1. The van der Waals surface area contributed by atoms with E-state index >= 15 is 0 Å². The molecule has 0 radical (unpaired) electrons. The van der Waals surface area contributed by atoms with Crippen molar-refractivity contribution in [1.29, 1.82) is 0 Å². The molecule has 9 nitrogen and oxygen atoms in total. The summed E-state index contributed by atoms with van der Waals surface area (Å²) in [6.45, 7) is -0.698. The first kappa shape index (κ1) is 19.1. The number of hydrogen-bond donors (Lipinski definition) is 4. The van der Waals surface area contributed by atoms with Gasteiger partial charge in [-0.3, -0.25) is 0 Å². The molecule has 1 fully saturated rings. The van der Waals surface area contributed by atoms with Crippen LogP contribution in [0.1, 0.15) is 6.42 Å². The maximum absolute atomic E-state index is 11.8. The third kappa shape index (κ3) is 6.79. The van der Waals surface area contributed by atoms with Crippen molar-refractivity contribution in [1.82, 2.24) is 0 Å². The molecule has 0 spiro atoms. The van der Waals surface area contributed by atoms with Gasteiger partial charge in [0.25, 0.3) is 0 Å². The monoisotopic (exact) mass is 392 g/mol. The predicted molar refractivity (Wildman–Crippen MR) is 71.8 cm³/mol. The molecule has 1 rings (SSSR count). The Hall–Kier alpha value is 0.0684. The number of aliphatic hydroxyl groups excluding tert-OH is 3. The zero-order valence-electron chi connectivity index (χ0n) is 11.7. The molecule has 0 aromatic rings. The summed E-state index contributed by atoms with van der Waals surface area (Å²) in [5.41, 5.74) is 3.17. The molecule has 0 aliphatic carbocycles. The third-order valence-corrected chi connectivity index (χ3v) is 6.03. The van der Waals surface area contributed by atoms with Crippen LogP contribution in [0.4, 0.5) is 0 Å². The molecule has 0 bridgehead atoms. The van der Waals surface area contributed by atoms with E-state index in [1.54, 1.807) is 11.4 Å². The van der Waals surface area contributed by atoms with Crippen LogP contribution in [-0.2, 0) is 23.1 Å². The molecule has 5 atom stereocenters. The van der Waals surface area contributed by atoms with Crippen molar-refractivity contribution >= 4 is 23.9 Å². The van der Waals surface area contributed by atoms with Crippen molar-refractivity contribution in [3.05, 3.63) is 0 Å². The number of rotatable bonds is 7. The number of hydrogen-bond acceptors (Lipinski definition) is 8. The van der Waals surface area contributed by atoms with Gasteiger partial charge in [0.2, 0.25) is 0 Å². The fourth-order valence-corrected chi connectivity index (χ4v) is 4.89. The summed E-state index contributed by atoms with van der Waals surface area (Å²) in [4.78, 5) is 0. The van der Waals surface area contributed by atoms with Crippen molar-refractivity contribution in [3.63, 3.8) is 0 Å². The van der Waals surface area contributed by atoms with E-state index in [2.05, 4.69) is 4.18 Å². The minimum atomic E-state index is -4.66. The first-order chi connectivity index (χ1) is 9.39. The molecule has 0 amide bonds. The maximum atomic E-state index is 11.8. The summed E-state index contributed by atoms with van der Waals surface area (Å²) in [7, 11) is -4.66. The summed E-state index contributed by atoms with van der Waals surface area (Å²) in [6, 6.07) is 0. The van der Waals surface area contributed by atoms with Crippen molar-refractivity contribution in [2.24, 2.45) is 0 Å². The van der Waals surface area contributed by atoms with Crippen LogP contribution in [0.25, 0.3) is 0 Å². The summed E-state index contributed by atoms with van der Waals surface area (Å²) in [6.07, 6.45) is -5.75. The Bertz CT molecular complexity index is 487. The molecule has 1 aliphatic rings. The van der Waals surface area contributed by atoms with Gasteiger partial charge in [-0.15, -0.1) is 0 Å². The first-order valence-electron chi connectivity index (χ1n) is 6.24. The van der Waals surface area contributed by atoms with Gasteiger partial charge in [0.05, 0.1) is 0 Å². The summed E-state index contributed by atoms with van der Waals surface area (Å²) in [5, 5.41) is 29.4. The Morgan fingerprint density at radius 1 is 1.24 bits per heavy atom. The Morgan fingerprint density at radius 3 is 2.24 bits per heavy atom. The van der Waals surface area contributed by atoms with Gasteiger partial charge >= 0.3 is 125 Å². The van der Waals surface area contributed by atoms with Crippen LogP contribution >= 0.6 is 0 Å². The van der Waals surface area contributed by atoms with Crippen LogP contribution in [0, 0.1) is 0 Å². The van der Waals surface area contributed by atoms with E-state index in [0.717, 1.165) is 0 Å². The van der Waals surface area contributed by atoms with Crippen LogP contribution < -0.4 is 0 Å². The quantitative estimate of drug-likeness (QED) is 0.306. The number of aliphatic hydroxyl groups is 3. The second kappa shape index (κ2) is 7.10. The second-order valence-electron chi connectivity index (χ2n) is 5.55. The van der Waals surface area contributed by atoms with Crippen molar-refractivity contribution in [3.8, 4) is 0 Å². The molecule has 0 saturated carbocycles. The standard InChI is InChI=1S/C10H21AsO9S/c1-11(2,15)4-8-10(14)9(13)7(20-8)3-6(12)5-19-21(16,17)18/h6-10,12-14H,3-5H2,1-2H3,(H,16,17,18)/t6?,7-,8+,9-,10+/m0/s1. The zero-order valence-corrected chi connectivity index (χ0v) is 14.4. The van der Waals surface area contributed by atoms with Crippen LogP contribution in [0.2, 0.25) is 16.6 Å². The van der Waals surface area contributed by atoms with Crippen LogP contribution in [0.15, 0.2) is 0 Å². The summed E-state index contributed by atoms with van der Waals surface area (Å²) < 4.78 is 50.3. The average molecular weight is 392 g/mol. The average Bonchev–Trinajstić information content (AvgIpc) is 2.52. The van der Waals surface area contributed by atoms with Crippen LogP contribution in [-0.4, -0.2) is 78.9 Å². The van der Waals surface area contributed by atoms with E-state index in [1.807, 2.05) is 0 Å². The van der Waals surface area contributed by atoms with Gasteiger partial charge in [-0.25, -0.2) is 0 Å². The Labute approximate surface area is 125 Å². The molecule has 1 unspecified atom stereocenters. The predicted octanol–water partition coefficient (Wildman–Crippen LogP) is -1.32. The van der Waals surface area contributed by atoms with Crippen molar-refractivity contribution in [2.75, 3.05) is 6.61 Å². The molecule has 0 aromatic heterocycles. The van der Waals surface area contributed by atoms with E-state index in [1.165, 1.54) is 0 Å². The van der Waals surface area contributed by atoms with Crippen molar-refractivity contribution in [2.45, 2.75) is 53.6 Å². The minimum absolute atomic E-state index is 0.143. The molecule has 1 heterocycles. The Morgan fingerprint density at radius 2 is 1.76 bits per heavy atom. The third-order valence-electron chi connectivity index (χ3n) is 2.99. The van der Waals surface area contributed by atoms with Crippen molar-refractivity contribution < 1.29 is 40.9 Å². The molecule has 1 aliphatic heterocycles. The van der Waals surface area contributed by atoms with E-state index in [-0.39, 0.29) is 11.6 Å². The molecule has 4 N–H and O–H groups in total. The van der Waals surface area contributed by atoms with Gasteiger partial charge < -0.3 is 0 Å². The molecule has 11 heteroatoms. The molecule has 21 heavy (non-hydrogen) atoms. The van der Waals surface area contributed by atoms with Gasteiger partial charge in [0.1, 0.15) is 0 Å². The zero-order chi connectivity index (χ0) is 16.4. The van der Waals surface area contributed by atoms with Gasteiger partial charge in [0, 0.05) is 0 Å². The van der Waals surface area contributed by atoms with Gasteiger partial charge in [-0.05, 0) is 0 Å². The molecular weight excluding hydrogens is 371 g/mol. The first-order valence-corrected chi connectivity index (χ1v) is 13.5. The molecular formula is C10H21AsO9S.